The minimum Gasteiger partial charge on any atom is -0.492 e. The highest BCUT2D eigenvalue weighted by Crippen LogP contribution is 2.24. The average Bonchev–Trinajstić information content (AvgIpc) is 3.20. The Bertz CT molecular complexity index is 736. The van der Waals surface area contributed by atoms with Crippen LogP contribution in [0.1, 0.15) is 24.3 Å². The number of thiophene rings is 1. The second kappa shape index (κ2) is 13.0. The first-order chi connectivity index (χ1) is 13.4. The standard InChI is InChI=1S/C21H32N4O2S.HI/c1-5-22-20(24-16-21(2,26)19-11-8-14-28-19)23-15-17-9-6-7-10-18(17)27-13-12-25(3)4;/h6-11,14,26H,5,12-13,15-16H2,1-4H3,(H2,22,23,24);1H. The third-order valence-corrected chi connectivity index (χ3v) is 5.30. The van der Waals surface area contributed by atoms with Gasteiger partial charge in [-0.2, -0.15) is 0 Å². The lowest BCUT2D eigenvalue weighted by Gasteiger charge is -2.23. The highest BCUT2D eigenvalue weighted by atomic mass is 127. The SMILES string of the molecule is CCNC(=NCc1ccccc1OCCN(C)C)NCC(C)(O)c1cccs1.I. The molecule has 0 radical (unpaired) electrons. The van der Waals surface area contributed by atoms with Crippen molar-refractivity contribution in [1.82, 2.24) is 15.5 Å². The summed E-state index contributed by atoms with van der Waals surface area (Å²) in [5.74, 6) is 1.52. The quantitative estimate of drug-likeness (QED) is 0.249. The number of guanidine groups is 1. The van der Waals surface area contributed by atoms with Gasteiger partial charge in [-0.15, -0.1) is 35.3 Å². The largest absolute Gasteiger partial charge is 0.492 e. The lowest BCUT2D eigenvalue weighted by atomic mass is 10.1. The molecule has 1 heterocycles. The van der Waals surface area contributed by atoms with E-state index in [1.807, 2.05) is 69.7 Å². The normalized spacial score (nSPS) is 13.5. The number of aliphatic imine (C=N–C) groups is 1. The molecule has 0 bridgehead atoms. The van der Waals surface area contributed by atoms with Crippen LogP contribution < -0.4 is 15.4 Å². The van der Waals surface area contributed by atoms with E-state index in [-0.39, 0.29) is 24.0 Å². The zero-order valence-corrected chi connectivity index (χ0v) is 20.8. The summed E-state index contributed by atoms with van der Waals surface area (Å²) in [7, 11) is 4.05. The van der Waals surface area contributed by atoms with E-state index in [1.54, 1.807) is 11.3 Å². The summed E-state index contributed by atoms with van der Waals surface area (Å²) in [6, 6.07) is 11.9. The molecule has 1 aromatic carbocycles. The third-order valence-electron chi connectivity index (χ3n) is 4.17. The fraction of sp³-hybridized carbons (Fsp3) is 0.476. The Morgan fingerprint density at radius 3 is 2.62 bits per heavy atom. The van der Waals surface area contributed by atoms with Crippen molar-refractivity contribution in [1.29, 1.82) is 0 Å². The van der Waals surface area contributed by atoms with Crippen LogP contribution in [0.3, 0.4) is 0 Å². The first kappa shape index (κ1) is 25.7. The third kappa shape index (κ3) is 8.90. The molecule has 2 rings (SSSR count). The number of para-hydroxylation sites is 1. The van der Waals surface area contributed by atoms with Crippen molar-refractivity contribution in [2.24, 2.45) is 4.99 Å². The van der Waals surface area contributed by atoms with Gasteiger partial charge in [-0.25, -0.2) is 4.99 Å². The Balaban J connectivity index is 0.00000420. The molecule has 2 aromatic rings. The maximum Gasteiger partial charge on any atom is 0.191 e. The summed E-state index contributed by atoms with van der Waals surface area (Å²) in [4.78, 5) is 7.69. The van der Waals surface area contributed by atoms with Crippen LogP contribution in [-0.2, 0) is 12.1 Å². The van der Waals surface area contributed by atoms with Gasteiger partial charge in [0.1, 0.15) is 18.0 Å². The molecule has 1 aromatic heterocycles. The number of aliphatic hydroxyl groups is 1. The molecule has 1 unspecified atom stereocenters. The van der Waals surface area contributed by atoms with Crippen molar-refractivity contribution >= 4 is 41.3 Å². The number of rotatable bonds is 10. The van der Waals surface area contributed by atoms with Gasteiger partial charge in [0, 0.05) is 23.5 Å². The van der Waals surface area contributed by atoms with E-state index >= 15 is 0 Å². The molecule has 29 heavy (non-hydrogen) atoms. The maximum atomic E-state index is 10.7. The molecule has 6 nitrogen and oxygen atoms in total. The second-order valence-electron chi connectivity index (χ2n) is 7.06. The van der Waals surface area contributed by atoms with E-state index in [1.165, 1.54) is 0 Å². The topological polar surface area (TPSA) is 69.1 Å². The number of benzene rings is 1. The molecule has 0 aliphatic rings. The summed E-state index contributed by atoms with van der Waals surface area (Å²) in [6.45, 7) is 6.94. The Labute approximate surface area is 195 Å². The van der Waals surface area contributed by atoms with Gasteiger partial charge in [-0.3, -0.25) is 0 Å². The van der Waals surface area contributed by atoms with E-state index in [9.17, 15) is 5.11 Å². The van der Waals surface area contributed by atoms with Crippen molar-refractivity contribution in [3.63, 3.8) is 0 Å². The molecule has 0 saturated carbocycles. The van der Waals surface area contributed by atoms with Crippen molar-refractivity contribution in [3.05, 3.63) is 52.2 Å². The number of likely N-dealkylation sites (N-methyl/N-ethyl adjacent to an activating group) is 1. The number of nitrogens with one attached hydrogen (secondary N) is 2. The van der Waals surface area contributed by atoms with Gasteiger partial charge >= 0.3 is 0 Å². The molecule has 162 valence electrons. The number of hydrogen-bond acceptors (Lipinski definition) is 5. The summed E-state index contributed by atoms with van der Waals surface area (Å²) >= 11 is 1.55. The van der Waals surface area contributed by atoms with Crippen LogP contribution in [0.2, 0.25) is 0 Å². The van der Waals surface area contributed by atoms with E-state index in [0.717, 1.165) is 29.3 Å². The fourth-order valence-electron chi connectivity index (χ4n) is 2.55. The molecule has 1 atom stereocenters. The van der Waals surface area contributed by atoms with Gasteiger partial charge < -0.3 is 25.4 Å². The van der Waals surface area contributed by atoms with Gasteiger partial charge in [0.25, 0.3) is 0 Å². The molecule has 0 fully saturated rings. The number of ether oxygens (including phenoxy) is 1. The molecule has 3 N–H and O–H groups in total. The van der Waals surface area contributed by atoms with Gasteiger partial charge in [0.2, 0.25) is 0 Å². The molecule has 0 aliphatic carbocycles. The zero-order valence-electron chi connectivity index (χ0n) is 17.6. The molecular formula is C21H33IN4O2S. The predicted molar refractivity (Wildman–Crippen MR) is 133 cm³/mol. The molecule has 0 aliphatic heterocycles. The molecule has 0 amide bonds. The monoisotopic (exact) mass is 532 g/mol. The number of halogens is 1. The molecule has 0 saturated heterocycles. The summed E-state index contributed by atoms with van der Waals surface area (Å²) < 4.78 is 5.91. The first-order valence-corrected chi connectivity index (χ1v) is 10.4. The minimum absolute atomic E-state index is 0. The van der Waals surface area contributed by atoms with E-state index in [2.05, 4.69) is 20.5 Å². The number of hydrogen-bond donors (Lipinski definition) is 3. The van der Waals surface area contributed by atoms with Crippen LogP contribution in [0, 0.1) is 0 Å². The maximum absolute atomic E-state index is 10.7. The van der Waals surface area contributed by atoms with Crippen molar-refractivity contribution in [2.75, 3.05) is 40.3 Å². The van der Waals surface area contributed by atoms with Crippen molar-refractivity contribution in [2.45, 2.75) is 26.0 Å². The van der Waals surface area contributed by atoms with E-state index < -0.39 is 5.60 Å². The lowest BCUT2D eigenvalue weighted by molar-refractivity contribution is 0.0655. The molecule has 0 spiro atoms. The lowest BCUT2D eigenvalue weighted by Crippen LogP contribution is -2.44. The van der Waals surface area contributed by atoms with Crippen LogP contribution >= 0.6 is 35.3 Å². The van der Waals surface area contributed by atoms with E-state index in [4.69, 9.17) is 4.74 Å². The summed E-state index contributed by atoms with van der Waals surface area (Å²) in [6.07, 6.45) is 0. The Kier molecular flexibility index (Phi) is 11.6. The molecule has 8 heteroatoms. The smallest absolute Gasteiger partial charge is 0.191 e. The zero-order chi connectivity index (χ0) is 20.4. The Morgan fingerprint density at radius 2 is 1.97 bits per heavy atom. The van der Waals surface area contributed by atoms with Crippen molar-refractivity contribution < 1.29 is 9.84 Å². The highest BCUT2D eigenvalue weighted by Gasteiger charge is 2.24. The predicted octanol–water partition coefficient (Wildman–Crippen LogP) is 3.27. The van der Waals surface area contributed by atoms with Gasteiger partial charge in [-0.05, 0) is 45.5 Å². The summed E-state index contributed by atoms with van der Waals surface area (Å²) in [5, 5.41) is 19.1. The first-order valence-electron chi connectivity index (χ1n) is 9.56. The van der Waals surface area contributed by atoms with Gasteiger partial charge in [0.15, 0.2) is 5.96 Å². The van der Waals surface area contributed by atoms with Gasteiger partial charge in [0.05, 0.1) is 13.1 Å². The average molecular weight is 532 g/mol. The van der Waals surface area contributed by atoms with Crippen LogP contribution in [0.5, 0.6) is 5.75 Å². The molecular weight excluding hydrogens is 499 g/mol. The second-order valence-corrected chi connectivity index (χ2v) is 8.01. The number of nitrogens with zero attached hydrogens (tertiary/aromatic N) is 2. The van der Waals surface area contributed by atoms with Crippen LogP contribution in [0.15, 0.2) is 46.8 Å². The van der Waals surface area contributed by atoms with Crippen LogP contribution in [-0.4, -0.2) is 56.3 Å². The van der Waals surface area contributed by atoms with E-state index in [0.29, 0.717) is 25.7 Å². The Morgan fingerprint density at radius 1 is 1.21 bits per heavy atom. The summed E-state index contributed by atoms with van der Waals surface area (Å²) in [5.41, 5.74) is 0.0841. The van der Waals surface area contributed by atoms with Crippen LogP contribution in [0.25, 0.3) is 0 Å². The van der Waals surface area contributed by atoms with Crippen molar-refractivity contribution in [3.8, 4) is 5.75 Å². The highest BCUT2D eigenvalue weighted by molar-refractivity contribution is 14.0. The Hall–Kier alpha value is -1.36. The van der Waals surface area contributed by atoms with Gasteiger partial charge in [-0.1, -0.05) is 24.3 Å². The fourth-order valence-corrected chi connectivity index (χ4v) is 3.33. The minimum atomic E-state index is -0.947. The van der Waals surface area contributed by atoms with Crippen LogP contribution in [0.4, 0.5) is 0 Å².